The van der Waals surface area contributed by atoms with Crippen LogP contribution in [0, 0.1) is 24.0 Å². The van der Waals surface area contributed by atoms with Gasteiger partial charge in [0, 0.05) is 6.08 Å². The molecule has 0 atom stereocenters. The zero-order valence-electron chi connectivity index (χ0n) is 15.0. The van der Waals surface area contributed by atoms with Gasteiger partial charge in [0.15, 0.2) is 18.1 Å². The van der Waals surface area contributed by atoms with Gasteiger partial charge in [0.25, 0.3) is 0 Å². The molecule has 7 nitrogen and oxygen atoms in total. The van der Waals surface area contributed by atoms with Gasteiger partial charge in [-0.05, 0) is 70.7 Å². The standard InChI is InChI=1S/C19H18BrNO6/c1-12-6-13(2)8-15(7-12)26-11-18(22)27-19-16(20)9-14(4-5-21(23)24)10-17(19)25-3/h4-10H,11H2,1-3H3. The summed E-state index contributed by atoms with van der Waals surface area (Å²) in [5, 5.41) is 10.4. The van der Waals surface area contributed by atoms with E-state index in [9.17, 15) is 14.9 Å². The maximum absolute atomic E-state index is 12.1. The summed E-state index contributed by atoms with van der Waals surface area (Å²) >= 11 is 3.29. The lowest BCUT2D eigenvalue weighted by Crippen LogP contribution is -2.18. The molecule has 0 radical (unpaired) electrons. The smallest absolute Gasteiger partial charge is 0.349 e. The third kappa shape index (κ3) is 6.10. The predicted octanol–water partition coefficient (Wildman–Crippen LogP) is 4.31. The van der Waals surface area contributed by atoms with Gasteiger partial charge < -0.3 is 14.2 Å². The molecule has 0 bridgehead atoms. The van der Waals surface area contributed by atoms with E-state index in [1.165, 1.54) is 19.3 Å². The summed E-state index contributed by atoms with van der Waals surface area (Å²) in [6.07, 6.45) is 2.12. The van der Waals surface area contributed by atoms with Gasteiger partial charge in [-0.3, -0.25) is 10.1 Å². The van der Waals surface area contributed by atoms with E-state index < -0.39 is 10.9 Å². The van der Waals surface area contributed by atoms with Crippen LogP contribution >= 0.6 is 15.9 Å². The fourth-order valence-corrected chi connectivity index (χ4v) is 2.92. The predicted molar refractivity (Wildman–Crippen MR) is 104 cm³/mol. The van der Waals surface area contributed by atoms with Gasteiger partial charge in [-0.1, -0.05) is 6.07 Å². The Kier molecular flexibility index (Phi) is 6.95. The molecule has 0 heterocycles. The average Bonchev–Trinajstić information content (AvgIpc) is 2.59. The number of nitro groups is 1. The zero-order chi connectivity index (χ0) is 20.0. The Balaban J connectivity index is 2.11. The molecular weight excluding hydrogens is 418 g/mol. The van der Waals surface area contributed by atoms with E-state index in [1.807, 2.05) is 32.0 Å². The van der Waals surface area contributed by atoms with E-state index in [0.29, 0.717) is 15.8 Å². The Bertz CT molecular complexity index is 874. The molecule has 0 spiro atoms. The Morgan fingerprint density at radius 3 is 2.44 bits per heavy atom. The van der Waals surface area contributed by atoms with Crippen molar-refractivity contribution in [2.75, 3.05) is 13.7 Å². The highest BCUT2D eigenvalue weighted by atomic mass is 79.9. The van der Waals surface area contributed by atoms with Crippen LogP contribution in [-0.4, -0.2) is 24.6 Å². The summed E-state index contributed by atoms with van der Waals surface area (Å²) in [6.45, 7) is 3.60. The third-order valence-corrected chi connectivity index (χ3v) is 4.00. The lowest BCUT2D eigenvalue weighted by atomic mass is 10.1. The first kappa shape index (κ1) is 20.4. The minimum absolute atomic E-state index is 0.171. The molecule has 0 saturated heterocycles. The Morgan fingerprint density at radius 2 is 1.85 bits per heavy atom. The molecular formula is C19H18BrNO6. The van der Waals surface area contributed by atoms with E-state index >= 15 is 0 Å². The van der Waals surface area contributed by atoms with Gasteiger partial charge in [0.2, 0.25) is 6.20 Å². The monoisotopic (exact) mass is 435 g/mol. The molecule has 142 valence electrons. The number of nitrogens with zero attached hydrogens (tertiary/aromatic N) is 1. The van der Waals surface area contributed by atoms with E-state index in [4.69, 9.17) is 14.2 Å². The SMILES string of the molecule is COc1cc(C=C[N+](=O)[O-])cc(Br)c1OC(=O)COc1cc(C)cc(C)c1. The van der Waals surface area contributed by atoms with Gasteiger partial charge in [-0.2, -0.15) is 0 Å². The number of halogens is 1. The molecule has 0 fully saturated rings. The number of benzene rings is 2. The van der Waals surface area contributed by atoms with Crippen LogP contribution < -0.4 is 14.2 Å². The summed E-state index contributed by atoms with van der Waals surface area (Å²) < 4.78 is 16.5. The van der Waals surface area contributed by atoms with Crippen LogP contribution in [0.3, 0.4) is 0 Å². The molecule has 0 aliphatic rings. The van der Waals surface area contributed by atoms with Crippen LogP contribution in [0.4, 0.5) is 0 Å². The van der Waals surface area contributed by atoms with Gasteiger partial charge in [-0.25, -0.2) is 4.79 Å². The molecule has 0 aliphatic carbocycles. The molecule has 8 heteroatoms. The molecule has 2 rings (SSSR count). The number of carbonyl (C=O) groups is 1. The zero-order valence-corrected chi connectivity index (χ0v) is 16.6. The van der Waals surface area contributed by atoms with Crippen molar-refractivity contribution in [3.8, 4) is 17.2 Å². The van der Waals surface area contributed by atoms with Crippen molar-refractivity contribution >= 4 is 28.0 Å². The molecule has 2 aromatic carbocycles. The van der Waals surface area contributed by atoms with Crippen LogP contribution in [0.5, 0.6) is 17.2 Å². The topological polar surface area (TPSA) is 87.9 Å². The second kappa shape index (κ2) is 9.18. The van der Waals surface area contributed by atoms with E-state index in [-0.39, 0.29) is 18.1 Å². The van der Waals surface area contributed by atoms with Crippen molar-refractivity contribution in [3.63, 3.8) is 0 Å². The highest BCUT2D eigenvalue weighted by Gasteiger charge is 2.16. The molecule has 0 unspecified atom stereocenters. The summed E-state index contributed by atoms with van der Waals surface area (Å²) in [7, 11) is 1.41. The summed E-state index contributed by atoms with van der Waals surface area (Å²) in [5.41, 5.74) is 2.57. The molecule has 0 aliphatic heterocycles. The van der Waals surface area contributed by atoms with Crippen LogP contribution in [0.2, 0.25) is 0 Å². The second-order valence-corrected chi connectivity index (χ2v) is 6.58. The van der Waals surface area contributed by atoms with Gasteiger partial charge in [0.05, 0.1) is 16.5 Å². The normalized spacial score (nSPS) is 10.7. The highest BCUT2D eigenvalue weighted by Crippen LogP contribution is 2.37. The Labute approximate surface area is 164 Å². The van der Waals surface area contributed by atoms with E-state index in [2.05, 4.69) is 15.9 Å². The third-order valence-electron chi connectivity index (χ3n) is 3.41. The summed E-state index contributed by atoms with van der Waals surface area (Å²) in [5.74, 6) is 0.398. The molecule has 27 heavy (non-hydrogen) atoms. The average molecular weight is 436 g/mol. The Hall–Kier alpha value is -2.87. The number of methoxy groups -OCH3 is 1. The number of carbonyl (C=O) groups excluding carboxylic acids is 1. The van der Waals surface area contributed by atoms with Crippen molar-refractivity contribution in [1.29, 1.82) is 0 Å². The van der Waals surface area contributed by atoms with Crippen LogP contribution in [-0.2, 0) is 4.79 Å². The van der Waals surface area contributed by atoms with Gasteiger partial charge in [-0.15, -0.1) is 0 Å². The van der Waals surface area contributed by atoms with Crippen LogP contribution in [0.1, 0.15) is 16.7 Å². The number of ether oxygens (including phenoxy) is 3. The van der Waals surface area contributed by atoms with Crippen molar-refractivity contribution < 1.29 is 23.9 Å². The lowest BCUT2D eigenvalue weighted by molar-refractivity contribution is -0.400. The summed E-state index contributed by atoms with van der Waals surface area (Å²) in [4.78, 5) is 22.0. The van der Waals surface area contributed by atoms with Crippen LogP contribution in [0.25, 0.3) is 6.08 Å². The van der Waals surface area contributed by atoms with Crippen LogP contribution in [0.15, 0.2) is 41.0 Å². The first-order chi connectivity index (χ1) is 12.8. The van der Waals surface area contributed by atoms with Gasteiger partial charge >= 0.3 is 5.97 Å². The highest BCUT2D eigenvalue weighted by molar-refractivity contribution is 9.10. The molecule has 0 aromatic heterocycles. The molecule has 0 N–H and O–H groups in total. The first-order valence-corrected chi connectivity index (χ1v) is 8.69. The minimum Gasteiger partial charge on any atom is -0.493 e. The quantitative estimate of drug-likeness (QED) is 0.278. The minimum atomic E-state index is -0.609. The first-order valence-electron chi connectivity index (χ1n) is 7.89. The molecule has 0 amide bonds. The maximum atomic E-state index is 12.1. The van der Waals surface area contributed by atoms with Gasteiger partial charge in [0.1, 0.15) is 5.75 Å². The lowest BCUT2D eigenvalue weighted by Gasteiger charge is -2.13. The molecule has 0 saturated carbocycles. The fourth-order valence-electron chi connectivity index (χ4n) is 2.38. The van der Waals surface area contributed by atoms with Crippen molar-refractivity contribution in [2.24, 2.45) is 0 Å². The van der Waals surface area contributed by atoms with E-state index in [0.717, 1.165) is 17.3 Å². The maximum Gasteiger partial charge on any atom is 0.349 e. The number of rotatable bonds is 7. The number of esters is 1. The van der Waals surface area contributed by atoms with E-state index in [1.54, 1.807) is 6.07 Å². The molecule has 2 aromatic rings. The Morgan fingerprint density at radius 1 is 1.19 bits per heavy atom. The number of hydrogen-bond acceptors (Lipinski definition) is 6. The fraction of sp³-hybridized carbons (Fsp3) is 0.211. The second-order valence-electron chi connectivity index (χ2n) is 5.72. The van der Waals surface area contributed by atoms with Crippen molar-refractivity contribution in [1.82, 2.24) is 0 Å². The van der Waals surface area contributed by atoms with Crippen molar-refractivity contribution in [2.45, 2.75) is 13.8 Å². The van der Waals surface area contributed by atoms with Crippen molar-refractivity contribution in [3.05, 3.63) is 67.8 Å². The number of hydrogen-bond donors (Lipinski definition) is 0. The largest absolute Gasteiger partial charge is 0.493 e. The number of aryl methyl sites for hydroxylation is 2. The summed E-state index contributed by atoms with van der Waals surface area (Å²) in [6, 6.07) is 8.76.